The fraction of sp³-hybridized carbons (Fsp3) is 0.588. The zero-order valence-electron chi connectivity index (χ0n) is 14.0. The van der Waals surface area contributed by atoms with Gasteiger partial charge < -0.3 is 9.47 Å². The number of aromatic nitrogens is 4. The summed E-state index contributed by atoms with van der Waals surface area (Å²) in [6.07, 6.45) is 8.08. The van der Waals surface area contributed by atoms with Crippen LogP contribution in [-0.2, 0) is 7.05 Å². The minimum absolute atomic E-state index is 0.484. The first-order valence-corrected chi connectivity index (χ1v) is 8.11. The number of hydrogen-bond acceptors (Lipinski definition) is 4. The van der Waals surface area contributed by atoms with Crippen LogP contribution in [0, 0.1) is 6.92 Å². The van der Waals surface area contributed by atoms with Gasteiger partial charge in [0, 0.05) is 31.7 Å². The standard InChI is InChI=1S/C17H25N5/c1-12(2)22-7-5-6-14(11-22)15-8-18-9-16(20-15)17-10-19-13(3)21(17)4/h8-10,12,14H,5-7,11H2,1-4H3. The first kappa shape index (κ1) is 15.2. The molecule has 2 aromatic rings. The van der Waals surface area contributed by atoms with E-state index in [-0.39, 0.29) is 0 Å². The van der Waals surface area contributed by atoms with Crippen molar-refractivity contribution in [2.75, 3.05) is 13.1 Å². The highest BCUT2D eigenvalue weighted by molar-refractivity contribution is 5.53. The maximum Gasteiger partial charge on any atom is 0.107 e. The summed E-state index contributed by atoms with van der Waals surface area (Å²) in [6.45, 7) is 8.82. The lowest BCUT2D eigenvalue weighted by atomic mass is 9.94. The third-order valence-electron chi connectivity index (χ3n) is 4.74. The summed E-state index contributed by atoms with van der Waals surface area (Å²) < 4.78 is 2.06. The monoisotopic (exact) mass is 299 g/mol. The van der Waals surface area contributed by atoms with Crippen molar-refractivity contribution in [3.63, 3.8) is 0 Å². The zero-order valence-corrected chi connectivity index (χ0v) is 14.0. The van der Waals surface area contributed by atoms with Crippen molar-refractivity contribution in [3.05, 3.63) is 30.1 Å². The normalized spacial score (nSPS) is 19.8. The summed E-state index contributed by atoms with van der Waals surface area (Å²) in [5.41, 5.74) is 3.06. The predicted molar refractivity (Wildman–Crippen MR) is 87.7 cm³/mol. The van der Waals surface area contributed by atoms with Crippen molar-refractivity contribution in [1.29, 1.82) is 0 Å². The SMILES string of the molecule is Cc1ncc(-c2cncc(C3CCCN(C(C)C)C3)n2)n1C. The quantitative estimate of drug-likeness (QED) is 0.874. The van der Waals surface area contributed by atoms with Gasteiger partial charge >= 0.3 is 0 Å². The molecule has 1 atom stereocenters. The van der Waals surface area contributed by atoms with Crippen molar-refractivity contribution in [3.8, 4) is 11.4 Å². The van der Waals surface area contributed by atoms with Gasteiger partial charge in [0.05, 0.1) is 23.8 Å². The second-order valence-electron chi connectivity index (χ2n) is 6.51. The molecule has 3 heterocycles. The molecule has 118 valence electrons. The average molecular weight is 299 g/mol. The summed E-state index contributed by atoms with van der Waals surface area (Å²) in [5.74, 6) is 1.48. The Morgan fingerprint density at radius 1 is 1.23 bits per heavy atom. The first-order chi connectivity index (χ1) is 10.6. The molecule has 1 saturated heterocycles. The van der Waals surface area contributed by atoms with Gasteiger partial charge in [0.25, 0.3) is 0 Å². The van der Waals surface area contributed by atoms with Gasteiger partial charge in [-0.2, -0.15) is 0 Å². The van der Waals surface area contributed by atoms with Crippen molar-refractivity contribution >= 4 is 0 Å². The van der Waals surface area contributed by atoms with Crippen LogP contribution in [-0.4, -0.2) is 43.6 Å². The number of piperidine rings is 1. The molecule has 22 heavy (non-hydrogen) atoms. The number of hydrogen-bond donors (Lipinski definition) is 0. The zero-order chi connectivity index (χ0) is 15.7. The summed E-state index contributed by atoms with van der Waals surface area (Å²) in [7, 11) is 2.02. The molecule has 0 aromatic carbocycles. The molecule has 0 spiro atoms. The number of likely N-dealkylation sites (tertiary alicyclic amines) is 1. The van der Waals surface area contributed by atoms with E-state index < -0.39 is 0 Å². The highest BCUT2D eigenvalue weighted by Crippen LogP contribution is 2.27. The highest BCUT2D eigenvalue weighted by atomic mass is 15.2. The summed E-state index contributed by atoms with van der Waals surface area (Å²) in [4.78, 5) is 16.2. The molecule has 0 bridgehead atoms. The molecule has 2 aromatic heterocycles. The van der Waals surface area contributed by atoms with Gasteiger partial charge in [0.1, 0.15) is 11.5 Å². The van der Waals surface area contributed by atoms with E-state index in [4.69, 9.17) is 4.98 Å². The van der Waals surface area contributed by atoms with E-state index in [0.717, 1.165) is 29.5 Å². The topological polar surface area (TPSA) is 46.8 Å². The van der Waals surface area contributed by atoms with Crippen LogP contribution in [0.4, 0.5) is 0 Å². The second kappa shape index (κ2) is 6.16. The fourth-order valence-corrected chi connectivity index (χ4v) is 3.16. The predicted octanol–water partition coefficient (Wildman–Crippen LogP) is 2.77. The molecule has 0 saturated carbocycles. The lowest BCUT2D eigenvalue weighted by Gasteiger charge is -2.35. The molecular weight excluding hydrogens is 274 g/mol. The Hall–Kier alpha value is -1.75. The number of imidazole rings is 1. The van der Waals surface area contributed by atoms with Gasteiger partial charge in [0.2, 0.25) is 0 Å². The van der Waals surface area contributed by atoms with Crippen LogP contribution in [0.5, 0.6) is 0 Å². The van der Waals surface area contributed by atoms with E-state index >= 15 is 0 Å². The fourth-order valence-electron chi connectivity index (χ4n) is 3.16. The Balaban J connectivity index is 1.86. The van der Waals surface area contributed by atoms with Crippen LogP contribution >= 0.6 is 0 Å². The smallest absolute Gasteiger partial charge is 0.107 e. The Labute approximate surface area is 132 Å². The Bertz CT molecular complexity index is 646. The van der Waals surface area contributed by atoms with Crippen LogP contribution in [0.25, 0.3) is 11.4 Å². The van der Waals surface area contributed by atoms with E-state index in [9.17, 15) is 0 Å². The van der Waals surface area contributed by atoms with Crippen molar-refractivity contribution < 1.29 is 0 Å². The lowest BCUT2D eigenvalue weighted by molar-refractivity contribution is 0.166. The van der Waals surface area contributed by atoms with Gasteiger partial charge in [-0.1, -0.05) is 0 Å². The molecule has 0 amide bonds. The maximum absolute atomic E-state index is 4.88. The van der Waals surface area contributed by atoms with Crippen LogP contribution in [0.3, 0.4) is 0 Å². The van der Waals surface area contributed by atoms with E-state index in [1.54, 1.807) is 0 Å². The number of nitrogens with zero attached hydrogens (tertiary/aromatic N) is 5. The van der Waals surface area contributed by atoms with Crippen LogP contribution in [0.15, 0.2) is 18.6 Å². The Morgan fingerprint density at radius 2 is 2.05 bits per heavy atom. The van der Waals surface area contributed by atoms with Crippen LogP contribution in [0.2, 0.25) is 0 Å². The molecule has 3 rings (SSSR count). The summed E-state index contributed by atoms with van der Waals surface area (Å²) in [5, 5.41) is 0. The maximum atomic E-state index is 4.88. The number of rotatable bonds is 3. The van der Waals surface area contributed by atoms with Gasteiger partial charge in [-0.05, 0) is 40.2 Å². The Kier molecular flexibility index (Phi) is 4.25. The minimum Gasteiger partial charge on any atom is -0.330 e. The van der Waals surface area contributed by atoms with Crippen LogP contribution < -0.4 is 0 Å². The van der Waals surface area contributed by atoms with Gasteiger partial charge in [-0.25, -0.2) is 9.97 Å². The van der Waals surface area contributed by atoms with Gasteiger partial charge in [0.15, 0.2) is 0 Å². The molecule has 1 aliphatic heterocycles. The van der Waals surface area contributed by atoms with E-state index in [1.165, 1.54) is 19.4 Å². The molecule has 0 N–H and O–H groups in total. The molecule has 5 nitrogen and oxygen atoms in total. The Morgan fingerprint density at radius 3 is 2.73 bits per heavy atom. The van der Waals surface area contributed by atoms with Crippen LogP contribution in [0.1, 0.15) is 44.1 Å². The molecule has 1 aliphatic rings. The summed E-state index contributed by atoms with van der Waals surface area (Å²) in [6, 6.07) is 0.596. The molecule has 1 unspecified atom stereocenters. The minimum atomic E-state index is 0.484. The van der Waals surface area contributed by atoms with E-state index in [1.807, 2.05) is 32.6 Å². The largest absolute Gasteiger partial charge is 0.330 e. The molecule has 0 aliphatic carbocycles. The van der Waals surface area contributed by atoms with E-state index in [2.05, 4.69) is 33.3 Å². The molecule has 5 heteroatoms. The molecule has 0 radical (unpaired) electrons. The first-order valence-electron chi connectivity index (χ1n) is 8.11. The van der Waals surface area contributed by atoms with Crippen molar-refractivity contribution in [2.24, 2.45) is 7.05 Å². The third kappa shape index (κ3) is 2.90. The van der Waals surface area contributed by atoms with Gasteiger partial charge in [-0.3, -0.25) is 4.98 Å². The van der Waals surface area contributed by atoms with Crippen molar-refractivity contribution in [1.82, 2.24) is 24.4 Å². The third-order valence-corrected chi connectivity index (χ3v) is 4.74. The van der Waals surface area contributed by atoms with Gasteiger partial charge in [-0.15, -0.1) is 0 Å². The average Bonchev–Trinajstić information content (AvgIpc) is 2.87. The molecule has 1 fully saturated rings. The second-order valence-corrected chi connectivity index (χ2v) is 6.51. The van der Waals surface area contributed by atoms with Crippen molar-refractivity contribution in [2.45, 2.75) is 45.6 Å². The highest BCUT2D eigenvalue weighted by Gasteiger charge is 2.24. The summed E-state index contributed by atoms with van der Waals surface area (Å²) >= 11 is 0. The molecular formula is C17H25N5. The van der Waals surface area contributed by atoms with E-state index in [0.29, 0.717) is 12.0 Å². The lowest BCUT2D eigenvalue weighted by Crippen LogP contribution is -2.39. The number of aryl methyl sites for hydroxylation is 1.